The van der Waals surface area contributed by atoms with Crippen molar-refractivity contribution in [3.8, 4) is 11.5 Å². The third kappa shape index (κ3) is 6.00. The Morgan fingerprint density at radius 1 is 0.973 bits per heavy atom. The minimum atomic E-state index is -0.465. The largest absolute Gasteiger partial charge is 0.495 e. The van der Waals surface area contributed by atoms with Gasteiger partial charge in [0.25, 0.3) is 5.69 Å². The summed E-state index contributed by atoms with van der Waals surface area (Å²) in [6, 6.07) is 12.2. The van der Waals surface area contributed by atoms with Crippen LogP contribution in [0.4, 0.5) is 34.5 Å². The van der Waals surface area contributed by atoms with Gasteiger partial charge in [-0.3, -0.25) is 15.0 Å². The lowest BCUT2D eigenvalue weighted by molar-refractivity contribution is -0.384. The Morgan fingerprint density at radius 3 is 2.46 bits per heavy atom. The maximum atomic E-state index is 11.2. The SMILES string of the molecule is COc1cc(N2CCN(CC3CC3)CC2)ccc1Nc1ccnc(Nc2cc([N+](=O)[O-])ccc2OC)n1. The van der Waals surface area contributed by atoms with Gasteiger partial charge >= 0.3 is 0 Å². The van der Waals surface area contributed by atoms with Crippen molar-refractivity contribution in [2.45, 2.75) is 12.8 Å². The predicted octanol–water partition coefficient (Wildman–Crippen LogP) is 4.42. The van der Waals surface area contributed by atoms with Crippen LogP contribution in [0.2, 0.25) is 0 Å². The number of non-ortho nitro benzene ring substituents is 1. The van der Waals surface area contributed by atoms with Crippen molar-refractivity contribution in [3.63, 3.8) is 0 Å². The number of nitrogens with zero attached hydrogens (tertiary/aromatic N) is 5. The van der Waals surface area contributed by atoms with Gasteiger partial charge in [-0.25, -0.2) is 4.98 Å². The van der Waals surface area contributed by atoms with E-state index in [0.717, 1.165) is 43.5 Å². The number of nitro groups is 1. The molecule has 5 rings (SSSR count). The Kier molecular flexibility index (Phi) is 7.22. The van der Waals surface area contributed by atoms with Crippen molar-refractivity contribution in [2.75, 3.05) is 62.5 Å². The maximum Gasteiger partial charge on any atom is 0.271 e. The summed E-state index contributed by atoms with van der Waals surface area (Å²) in [5, 5.41) is 17.5. The highest BCUT2D eigenvalue weighted by atomic mass is 16.6. The molecule has 2 aliphatic rings. The van der Waals surface area contributed by atoms with Gasteiger partial charge in [-0.1, -0.05) is 0 Å². The Labute approximate surface area is 215 Å². The van der Waals surface area contributed by atoms with Gasteiger partial charge in [0.05, 0.1) is 30.5 Å². The Bertz CT molecular complexity index is 1260. The van der Waals surface area contributed by atoms with Gasteiger partial charge in [-0.15, -0.1) is 0 Å². The second kappa shape index (κ2) is 10.9. The topological polar surface area (TPSA) is 118 Å². The van der Waals surface area contributed by atoms with Crippen molar-refractivity contribution in [3.05, 3.63) is 58.8 Å². The molecular formula is C26H31N7O4. The summed E-state index contributed by atoms with van der Waals surface area (Å²) in [7, 11) is 3.15. The molecule has 2 fully saturated rings. The molecular weight excluding hydrogens is 474 g/mol. The normalized spacial score (nSPS) is 15.8. The first-order valence-electron chi connectivity index (χ1n) is 12.4. The van der Waals surface area contributed by atoms with E-state index in [1.807, 2.05) is 12.1 Å². The van der Waals surface area contributed by atoms with Crippen LogP contribution in [0.3, 0.4) is 0 Å². The number of hydrogen-bond acceptors (Lipinski definition) is 10. The Morgan fingerprint density at radius 2 is 1.76 bits per heavy atom. The second-order valence-electron chi connectivity index (χ2n) is 9.27. The molecule has 37 heavy (non-hydrogen) atoms. The second-order valence-corrected chi connectivity index (χ2v) is 9.27. The Hall–Kier alpha value is -4.12. The van der Waals surface area contributed by atoms with Crippen LogP contribution in [0.1, 0.15) is 12.8 Å². The van der Waals surface area contributed by atoms with E-state index in [1.165, 1.54) is 44.7 Å². The quantitative estimate of drug-likeness (QED) is 0.303. The lowest BCUT2D eigenvalue weighted by atomic mass is 10.2. The van der Waals surface area contributed by atoms with Gasteiger partial charge in [-0.05, 0) is 43.0 Å². The first kappa shape index (κ1) is 24.6. The molecule has 1 saturated heterocycles. The molecule has 1 aliphatic heterocycles. The fourth-order valence-electron chi connectivity index (χ4n) is 4.49. The molecule has 1 aromatic heterocycles. The summed E-state index contributed by atoms with van der Waals surface area (Å²) in [6.07, 6.45) is 4.38. The fourth-order valence-corrected chi connectivity index (χ4v) is 4.49. The number of methoxy groups -OCH3 is 2. The number of hydrogen-bond donors (Lipinski definition) is 2. The molecule has 1 saturated carbocycles. The zero-order chi connectivity index (χ0) is 25.8. The van der Waals surface area contributed by atoms with Gasteiger partial charge in [-0.2, -0.15) is 4.98 Å². The van der Waals surface area contributed by atoms with Crippen LogP contribution in [0.5, 0.6) is 11.5 Å². The number of benzene rings is 2. The molecule has 2 N–H and O–H groups in total. The van der Waals surface area contributed by atoms with E-state index in [0.29, 0.717) is 23.0 Å². The molecule has 0 unspecified atom stereocenters. The van der Waals surface area contributed by atoms with E-state index in [1.54, 1.807) is 19.4 Å². The molecule has 2 aromatic carbocycles. The molecule has 1 aliphatic carbocycles. The number of aromatic nitrogens is 2. The predicted molar refractivity (Wildman–Crippen MR) is 143 cm³/mol. The van der Waals surface area contributed by atoms with E-state index in [4.69, 9.17) is 9.47 Å². The van der Waals surface area contributed by atoms with Crippen LogP contribution in [0, 0.1) is 16.0 Å². The molecule has 194 valence electrons. The van der Waals surface area contributed by atoms with Crippen molar-refractivity contribution in [1.82, 2.24) is 14.9 Å². The van der Waals surface area contributed by atoms with Gasteiger partial charge in [0.2, 0.25) is 5.95 Å². The third-order valence-electron chi connectivity index (χ3n) is 6.69. The summed E-state index contributed by atoms with van der Waals surface area (Å²) in [6.45, 7) is 5.43. The van der Waals surface area contributed by atoms with Crippen LogP contribution in [-0.2, 0) is 0 Å². The molecule has 3 aromatic rings. The number of nitrogens with one attached hydrogen (secondary N) is 2. The highest BCUT2D eigenvalue weighted by Crippen LogP contribution is 2.34. The van der Waals surface area contributed by atoms with E-state index < -0.39 is 4.92 Å². The summed E-state index contributed by atoms with van der Waals surface area (Å²) < 4.78 is 11.0. The smallest absolute Gasteiger partial charge is 0.271 e. The van der Waals surface area contributed by atoms with Crippen LogP contribution < -0.4 is 25.0 Å². The van der Waals surface area contributed by atoms with Gasteiger partial charge in [0, 0.05) is 62.8 Å². The molecule has 0 spiro atoms. The standard InChI is InChI=1S/C26H31N7O4/c1-36-23-8-6-20(33(34)35)15-22(23)29-26-27-10-9-25(30-26)28-21-7-5-19(16-24(21)37-2)32-13-11-31(12-14-32)17-18-3-4-18/h5-10,15-16,18H,3-4,11-14,17H2,1-2H3,(H2,27,28,29,30). The summed E-state index contributed by atoms with van der Waals surface area (Å²) >= 11 is 0. The fraction of sp³-hybridized carbons (Fsp3) is 0.385. The number of ether oxygens (including phenoxy) is 2. The number of nitro benzene ring substituents is 1. The zero-order valence-corrected chi connectivity index (χ0v) is 21.0. The van der Waals surface area contributed by atoms with Crippen LogP contribution >= 0.6 is 0 Å². The molecule has 0 atom stereocenters. The summed E-state index contributed by atoms with van der Waals surface area (Å²) in [4.78, 5) is 24.4. The monoisotopic (exact) mass is 505 g/mol. The molecule has 0 amide bonds. The lowest BCUT2D eigenvalue weighted by Crippen LogP contribution is -2.47. The van der Waals surface area contributed by atoms with Crippen LogP contribution in [-0.4, -0.2) is 66.7 Å². The molecule has 0 radical (unpaired) electrons. The maximum absolute atomic E-state index is 11.2. The molecule has 2 heterocycles. The number of piperazine rings is 1. The van der Waals surface area contributed by atoms with Gasteiger partial charge < -0.3 is 25.0 Å². The van der Waals surface area contributed by atoms with Crippen molar-refractivity contribution >= 4 is 34.5 Å². The van der Waals surface area contributed by atoms with E-state index in [-0.39, 0.29) is 11.6 Å². The molecule has 0 bridgehead atoms. The average molecular weight is 506 g/mol. The highest BCUT2D eigenvalue weighted by molar-refractivity contribution is 5.70. The van der Waals surface area contributed by atoms with Gasteiger partial charge in [0.15, 0.2) is 0 Å². The minimum Gasteiger partial charge on any atom is -0.495 e. The first-order valence-corrected chi connectivity index (χ1v) is 12.4. The highest BCUT2D eigenvalue weighted by Gasteiger charge is 2.26. The van der Waals surface area contributed by atoms with Crippen LogP contribution in [0.15, 0.2) is 48.7 Å². The summed E-state index contributed by atoms with van der Waals surface area (Å²) in [5.74, 6) is 2.89. The molecule has 11 heteroatoms. The number of anilines is 5. The zero-order valence-electron chi connectivity index (χ0n) is 21.0. The molecule has 11 nitrogen and oxygen atoms in total. The van der Waals surface area contributed by atoms with Gasteiger partial charge in [0.1, 0.15) is 17.3 Å². The van der Waals surface area contributed by atoms with Crippen molar-refractivity contribution in [2.24, 2.45) is 5.92 Å². The van der Waals surface area contributed by atoms with E-state index in [2.05, 4.69) is 36.5 Å². The third-order valence-corrected chi connectivity index (χ3v) is 6.69. The summed E-state index contributed by atoms with van der Waals surface area (Å²) in [5.41, 5.74) is 2.24. The Balaban J connectivity index is 1.27. The minimum absolute atomic E-state index is 0.0632. The van der Waals surface area contributed by atoms with E-state index >= 15 is 0 Å². The average Bonchev–Trinajstić information content (AvgIpc) is 3.73. The van der Waals surface area contributed by atoms with Crippen molar-refractivity contribution in [1.29, 1.82) is 0 Å². The lowest BCUT2D eigenvalue weighted by Gasteiger charge is -2.36. The first-order chi connectivity index (χ1) is 18.0. The van der Waals surface area contributed by atoms with Crippen molar-refractivity contribution < 1.29 is 14.4 Å². The van der Waals surface area contributed by atoms with E-state index in [9.17, 15) is 10.1 Å². The van der Waals surface area contributed by atoms with Crippen LogP contribution in [0.25, 0.3) is 0 Å². The number of rotatable bonds is 10.